The number of carbonyl (C=O) groups excluding carboxylic acids is 1. The van der Waals surface area contributed by atoms with Crippen LogP contribution < -0.4 is 4.74 Å². The summed E-state index contributed by atoms with van der Waals surface area (Å²) >= 11 is 0. The van der Waals surface area contributed by atoms with Crippen LogP contribution in [0.15, 0.2) is 42.5 Å². The number of esters is 1. The molecule has 3 aliphatic heterocycles. The molecule has 0 bridgehead atoms. The van der Waals surface area contributed by atoms with Crippen molar-refractivity contribution in [3.05, 3.63) is 64.8 Å². The summed E-state index contributed by atoms with van der Waals surface area (Å²) in [6.45, 7) is 8.07. The number of rotatable bonds is 3. The quantitative estimate of drug-likeness (QED) is 0.479. The maximum atomic E-state index is 13.3. The fourth-order valence-electron chi connectivity index (χ4n) is 6.90. The van der Waals surface area contributed by atoms with Gasteiger partial charge in [-0.3, -0.25) is 4.90 Å². The van der Waals surface area contributed by atoms with Crippen LogP contribution in [0.5, 0.6) is 5.75 Å². The van der Waals surface area contributed by atoms with Gasteiger partial charge in [-0.1, -0.05) is 30.3 Å². The second kappa shape index (κ2) is 7.88. The number of hydrogen-bond donors (Lipinski definition) is 1. The first kappa shape index (κ1) is 21.7. The first-order chi connectivity index (χ1) is 16.4. The number of carbonyl (C=O) groups is 1. The topological polar surface area (TPSA) is 54.6 Å². The van der Waals surface area contributed by atoms with Crippen LogP contribution in [0.1, 0.15) is 73.1 Å². The van der Waals surface area contributed by atoms with Crippen LogP contribution >= 0.6 is 0 Å². The molecule has 4 heterocycles. The van der Waals surface area contributed by atoms with E-state index in [1.807, 2.05) is 37.3 Å². The SMILES string of the molecule is Cc1[nH]c2ccc3c(c2c1C(=O)OCc1ccccc1)CC1CCCN2C(C)(C)CCCC12O3. The molecule has 6 rings (SSSR count). The van der Waals surface area contributed by atoms with E-state index in [1.54, 1.807) is 0 Å². The van der Waals surface area contributed by atoms with E-state index in [0.717, 1.165) is 52.9 Å². The lowest BCUT2D eigenvalue weighted by atomic mass is 9.70. The van der Waals surface area contributed by atoms with Crippen molar-refractivity contribution < 1.29 is 14.3 Å². The van der Waals surface area contributed by atoms with E-state index < -0.39 is 0 Å². The minimum Gasteiger partial charge on any atom is -0.472 e. The first-order valence-corrected chi connectivity index (χ1v) is 12.7. The van der Waals surface area contributed by atoms with Crippen molar-refractivity contribution in [2.45, 2.75) is 77.2 Å². The van der Waals surface area contributed by atoms with Gasteiger partial charge in [0.05, 0.1) is 5.56 Å². The predicted octanol–water partition coefficient (Wildman–Crippen LogP) is 6.14. The van der Waals surface area contributed by atoms with Gasteiger partial charge in [0.1, 0.15) is 12.4 Å². The summed E-state index contributed by atoms with van der Waals surface area (Å²) in [5.74, 6) is 1.09. The monoisotopic (exact) mass is 458 g/mol. The lowest BCUT2D eigenvalue weighted by molar-refractivity contribution is -0.217. The third-order valence-electron chi connectivity index (χ3n) is 8.45. The minimum atomic E-state index is -0.273. The largest absolute Gasteiger partial charge is 0.472 e. The Hall–Kier alpha value is -2.79. The van der Waals surface area contributed by atoms with Crippen molar-refractivity contribution in [3.8, 4) is 5.75 Å². The summed E-state index contributed by atoms with van der Waals surface area (Å²) in [4.78, 5) is 19.4. The van der Waals surface area contributed by atoms with Gasteiger partial charge < -0.3 is 14.5 Å². The number of piperidine rings is 2. The van der Waals surface area contributed by atoms with Gasteiger partial charge in [-0.2, -0.15) is 0 Å². The Kier molecular flexibility index (Phi) is 5.03. The normalized spacial score (nSPS) is 25.7. The second-order valence-corrected chi connectivity index (χ2v) is 11.0. The summed E-state index contributed by atoms with van der Waals surface area (Å²) in [7, 11) is 0. The lowest BCUT2D eigenvalue weighted by Gasteiger charge is -2.61. The molecule has 1 aromatic heterocycles. The number of hydrogen-bond acceptors (Lipinski definition) is 4. The lowest BCUT2D eigenvalue weighted by Crippen LogP contribution is -2.70. The van der Waals surface area contributed by atoms with E-state index in [4.69, 9.17) is 9.47 Å². The van der Waals surface area contributed by atoms with Crippen molar-refractivity contribution >= 4 is 16.9 Å². The number of aromatic nitrogens is 1. The molecule has 0 amide bonds. The standard InChI is InChI=1S/C29H34N2O3/c1-19-25(27(32)33-18-20-9-5-4-6-10-20)26-22-17-21-11-7-16-31-28(2,3)14-8-15-29(21,31)34-24(22)13-12-23(26)30-19/h4-6,9-10,12-13,21,30H,7-8,11,14-18H2,1-3H3. The highest BCUT2D eigenvalue weighted by Crippen LogP contribution is 2.53. The summed E-state index contributed by atoms with van der Waals surface area (Å²) in [5, 5.41) is 0.982. The molecule has 1 spiro atoms. The molecule has 178 valence electrons. The highest BCUT2D eigenvalue weighted by atomic mass is 16.5. The summed E-state index contributed by atoms with van der Waals surface area (Å²) in [6.07, 6.45) is 6.79. The van der Waals surface area contributed by atoms with Gasteiger partial charge in [-0.05, 0) is 70.6 Å². The van der Waals surface area contributed by atoms with E-state index in [2.05, 4.69) is 35.9 Å². The maximum absolute atomic E-state index is 13.3. The number of ether oxygens (including phenoxy) is 2. The third-order valence-corrected chi connectivity index (χ3v) is 8.45. The van der Waals surface area contributed by atoms with Crippen LogP contribution in [0.3, 0.4) is 0 Å². The second-order valence-electron chi connectivity index (χ2n) is 11.0. The zero-order valence-corrected chi connectivity index (χ0v) is 20.4. The minimum absolute atomic E-state index is 0.148. The Labute approximate surface area is 201 Å². The average molecular weight is 459 g/mol. The molecule has 5 heteroatoms. The Morgan fingerprint density at radius 3 is 2.79 bits per heavy atom. The number of nitrogens with zero attached hydrogens (tertiary/aromatic N) is 1. The van der Waals surface area contributed by atoms with Gasteiger partial charge in [0, 0.05) is 46.6 Å². The zero-order chi connectivity index (χ0) is 23.5. The fraction of sp³-hybridized carbons (Fsp3) is 0.483. The van der Waals surface area contributed by atoms with E-state index >= 15 is 0 Å². The molecule has 2 atom stereocenters. The molecule has 0 saturated carbocycles. The highest BCUT2D eigenvalue weighted by Gasteiger charge is 2.57. The maximum Gasteiger partial charge on any atom is 0.340 e. The van der Waals surface area contributed by atoms with Crippen LogP contribution in [0.25, 0.3) is 10.9 Å². The van der Waals surface area contributed by atoms with Gasteiger partial charge >= 0.3 is 5.97 Å². The van der Waals surface area contributed by atoms with E-state index in [0.29, 0.717) is 11.5 Å². The molecular weight excluding hydrogens is 424 g/mol. The van der Waals surface area contributed by atoms with Gasteiger partial charge in [0.15, 0.2) is 5.72 Å². The van der Waals surface area contributed by atoms with Crippen molar-refractivity contribution in [2.24, 2.45) is 5.92 Å². The van der Waals surface area contributed by atoms with Crippen LogP contribution in [0, 0.1) is 12.8 Å². The van der Waals surface area contributed by atoms with Crippen LogP contribution in [0.4, 0.5) is 0 Å². The van der Waals surface area contributed by atoms with Crippen LogP contribution in [-0.2, 0) is 17.8 Å². The predicted molar refractivity (Wildman–Crippen MR) is 133 cm³/mol. The number of H-pyrrole nitrogens is 1. The molecule has 2 saturated heterocycles. The molecule has 0 aliphatic carbocycles. The summed E-state index contributed by atoms with van der Waals surface area (Å²) < 4.78 is 12.8. The number of fused-ring (bicyclic) bond motifs is 3. The van der Waals surface area contributed by atoms with Crippen molar-refractivity contribution in [3.63, 3.8) is 0 Å². The fourth-order valence-corrected chi connectivity index (χ4v) is 6.90. The van der Waals surface area contributed by atoms with Crippen LogP contribution in [-0.4, -0.2) is 33.7 Å². The molecule has 3 aromatic rings. The van der Waals surface area contributed by atoms with Gasteiger partial charge in [-0.15, -0.1) is 0 Å². The van der Waals surface area contributed by atoms with Crippen molar-refractivity contribution in [1.82, 2.24) is 9.88 Å². The molecule has 5 nitrogen and oxygen atoms in total. The first-order valence-electron chi connectivity index (χ1n) is 12.7. The molecule has 2 fully saturated rings. The van der Waals surface area contributed by atoms with Gasteiger partial charge in [-0.25, -0.2) is 4.79 Å². The van der Waals surface area contributed by atoms with E-state index in [1.165, 1.54) is 25.7 Å². The molecule has 3 aliphatic rings. The Morgan fingerprint density at radius 1 is 1.15 bits per heavy atom. The third kappa shape index (κ3) is 3.28. The molecular formula is C29H34N2O3. The molecule has 1 N–H and O–H groups in total. The number of nitrogens with one attached hydrogen (secondary N) is 1. The van der Waals surface area contributed by atoms with Crippen molar-refractivity contribution in [1.29, 1.82) is 0 Å². The highest BCUT2D eigenvalue weighted by molar-refractivity contribution is 6.07. The Morgan fingerprint density at radius 2 is 1.97 bits per heavy atom. The summed E-state index contributed by atoms with van der Waals surface area (Å²) in [5.41, 5.74) is 4.57. The van der Waals surface area contributed by atoms with Gasteiger partial charge in [0.25, 0.3) is 0 Å². The van der Waals surface area contributed by atoms with E-state index in [9.17, 15) is 4.79 Å². The molecule has 0 radical (unpaired) electrons. The smallest absolute Gasteiger partial charge is 0.340 e. The number of aryl methyl sites for hydroxylation is 1. The molecule has 2 unspecified atom stereocenters. The number of benzene rings is 2. The Bertz CT molecular complexity index is 1250. The Balaban J connectivity index is 1.39. The zero-order valence-electron chi connectivity index (χ0n) is 20.4. The van der Waals surface area contributed by atoms with Crippen LogP contribution in [0.2, 0.25) is 0 Å². The van der Waals surface area contributed by atoms with E-state index in [-0.39, 0.29) is 23.8 Å². The summed E-state index contributed by atoms with van der Waals surface area (Å²) in [6, 6.07) is 14.0. The van der Waals surface area contributed by atoms with Gasteiger partial charge in [0.2, 0.25) is 0 Å². The van der Waals surface area contributed by atoms with Crippen molar-refractivity contribution in [2.75, 3.05) is 6.54 Å². The molecule has 2 aromatic carbocycles. The average Bonchev–Trinajstić information content (AvgIpc) is 3.17. The number of aromatic amines is 1. The molecule has 34 heavy (non-hydrogen) atoms.